The van der Waals surface area contributed by atoms with Crippen molar-refractivity contribution in [3.8, 4) is 0 Å². The minimum atomic E-state index is -0.573. The van der Waals surface area contributed by atoms with Gasteiger partial charge in [0.15, 0.2) is 0 Å². The average molecular weight is 279 g/mol. The van der Waals surface area contributed by atoms with Gasteiger partial charge in [-0.1, -0.05) is 12.1 Å². The number of piperazine rings is 1. The van der Waals surface area contributed by atoms with Gasteiger partial charge in [-0.3, -0.25) is 9.59 Å². The minimum absolute atomic E-state index is 0.129. The van der Waals surface area contributed by atoms with Gasteiger partial charge < -0.3 is 16.0 Å². The molecule has 1 aromatic carbocycles. The van der Waals surface area contributed by atoms with Crippen molar-refractivity contribution in [2.24, 2.45) is 5.73 Å². The number of nitrogens with one attached hydrogen (secondary N) is 1. The molecule has 2 rings (SSSR count). The Kier molecular flexibility index (Phi) is 4.44. The molecule has 0 aliphatic carbocycles. The second-order valence-corrected chi connectivity index (χ2v) is 5.17. The Morgan fingerprint density at radius 3 is 2.84 bits per heavy atom. The largest absolute Gasteiger partial charge is 0.368 e. The summed E-state index contributed by atoms with van der Waals surface area (Å²) in [5, 5.41) is 3.08. The van der Waals surface area contributed by atoms with E-state index in [0.717, 1.165) is 4.90 Å². The lowest BCUT2D eigenvalue weighted by molar-refractivity contribution is -0.122. The lowest BCUT2D eigenvalue weighted by atomic mass is 10.1. The molecule has 1 aliphatic heterocycles. The van der Waals surface area contributed by atoms with Gasteiger partial charge in [-0.05, 0) is 18.4 Å². The minimum Gasteiger partial charge on any atom is -0.368 e. The van der Waals surface area contributed by atoms with Crippen LogP contribution in [0.25, 0.3) is 0 Å². The van der Waals surface area contributed by atoms with Crippen LogP contribution in [0.3, 0.4) is 0 Å². The number of nitrogens with zero attached hydrogens (tertiary/aromatic N) is 1. The molecule has 0 aromatic heterocycles. The van der Waals surface area contributed by atoms with Crippen LogP contribution in [0.2, 0.25) is 0 Å². The molecule has 1 aliphatic rings. The van der Waals surface area contributed by atoms with Gasteiger partial charge in [0.25, 0.3) is 5.91 Å². The van der Waals surface area contributed by atoms with E-state index in [-0.39, 0.29) is 5.91 Å². The van der Waals surface area contributed by atoms with Gasteiger partial charge in [-0.15, -0.1) is 11.8 Å². The molecular formula is C13H17N3O2S. The number of nitrogens with two attached hydrogens (primary N) is 1. The molecule has 5 nitrogen and oxygen atoms in total. The Bertz CT molecular complexity index is 493. The van der Waals surface area contributed by atoms with Crippen molar-refractivity contribution >= 4 is 23.6 Å². The highest BCUT2D eigenvalue weighted by Gasteiger charge is 2.31. The molecule has 0 radical (unpaired) electrons. The average Bonchev–Trinajstić information content (AvgIpc) is 2.46. The van der Waals surface area contributed by atoms with E-state index in [0.29, 0.717) is 25.2 Å². The predicted octanol–water partition coefficient (Wildman–Crippen LogP) is 0.308. The van der Waals surface area contributed by atoms with Crippen molar-refractivity contribution in [1.29, 1.82) is 0 Å². The Labute approximate surface area is 116 Å². The normalized spacial score (nSPS) is 19.2. The summed E-state index contributed by atoms with van der Waals surface area (Å²) in [6, 6.07) is 6.84. The number of carbonyl (C=O) groups is 2. The van der Waals surface area contributed by atoms with Crippen LogP contribution in [0.4, 0.5) is 0 Å². The van der Waals surface area contributed by atoms with Crippen molar-refractivity contribution in [1.82, 2.24) is 10.2 Å². The van der Waals surface area contributed by atoms with E-state index in [4.69, 9.17) is 5.73 Å². The highest BCUT2D eigenvalue weighted by Crippen LogP contribution is 2.22. The first-order chi connectivity index (χ1) is 9.15. The van der Waals surface area contributed by atoms with Gasteiger partial charge >= 0.3 is 0 Å². The van der Waals surface area contributed by atoms with Crippen LogP contribution < -0.4 is 11.1 Å². The first kappa shape index (κ1) is 13.9. The summed E-state index contributed by atoms with van der Waals surface area (Å²) < 4.78 is 0. The number of primary amides is 1. The van der Waals surface area contributed by atoms with Gasteiger partial charge in [-0.2, -0.15) is 0 Å². The highest BCUT2D eigenvalue weighted by molar-refractivity contribution is 7.98. The summed E-state index contributed by atoms with van der Waals surface area (Å²) in [5.41, 5.74) is 5.99. The smallest absolute Gasteiger partial charge is 0.255 e. The van der Waals surface area contributed by atoms with Crippen molar-refractivity contribution in [3.63, 3.8) is 0 Å². The number of hydrogen-bond acceptors (Lipinski definition) is 4. The van der Waals surface area contributed by atoms with E-state index < -0.39 is 11.9 Å². The van der Waals surface area contributed by atoms with Crippen LogP contribution in [0.1, 0.15) is 10.4 Å². The van der Waals surface area contributed by atoms with Crippen molar-refractivity contribution in [2.45, 2.75) is 10.9 Å². The molecule has 1 atom stereocenters. The second-order valence-electron chi connectivity index (χ2n) is 4.32. The Hall–Kier alpha value is -1.53. The number of benzene rings is 1. The van der Waals surface area contributed by atoms with Gasteiger partial charge in [0, 0.05) is 24.5 Å². The van der Waals surface area contributed by atoms with E-state index in [2.05, 4.69) is 5.32 Å². The zero-order valence-electron chi connectivity index (χ0n) is 10.8. The third kappa shape index (κ3) is 2.90. The van der Waals surface area contributed by atoms with Crippen LogP contribution >= 0.6 is 11.8 Å². The molecule has 1 heterocycles. The number of rotatable bonds is 3. The van der Waals surface area contributed by atoms with Gasteiger partial charge in [0.1, 0.15) is 6.04 Å². The zero-order chi connectivity index (χ0) is 13.8. The summed E-state index contributed by atoms with van der Waals surface area (Å²) in [7, 11) is 0. The molecule has 1 fully saturated rings. The third-order valence-corrected chi connectivity index (χ3v) is 3.97. The molecule has 102 valence electrons. The molecule has 0 spiro atoms. The van der Waals surface area contributed by atoms with Crippen LogP contribution in [0.15, 0.2) is 29.2 Å². The summed E-state index contributed by atoms with van der Waals surface area (Å²) >= 11 is 1.52. The fraction of sp³-hybridized carbons (Fsp3) is 0.385. The maximum Gasteiger partial charge on any atom is 0.255 e. The highest BCUT2D eigenvalue weighted by atomic mass is 32.2. The van der Waals surface area contributed by atoms with Crippen molar-refractivity contribution < 1.29 is 9.59 Å². The Morgan fingerprint density at radius 2 is 2.16 bits per heavy atom. The number of carbonyl (C=O) groups excluding carboxylic acids is 2. The fourth-order valence-electron chi connectivity index (χ4n) is 2.18. The SMILES string of the molecule is CSc1ccccc1C(=O)N1CCNCC1C(N)=O. The lowest BCUT2D eigenvalue weighted by Gasteiger charge is -2.34. The van der Waals surface area contributed by atoms with E-state index >= 15 is 0 Å². The molecule has 19 heavy (non-hydrogen) atoms. The van der Waals surface area contributed by atoms with Crippen molar-refractivity contribution in [2.75, 3.05) is 25.9 Å². The molecular weight excluding hydrogens is 262 g/mol. The van der Waals surface area contributed by atoms with Crippen LogP contribution in [0, 0.1) is 0 Å². The first-order valence-corrected chi connectivity index (χ1v) is 7.31. The molecule has 1 aromatic rings. The maximum absolute atomic E-state index is 12.6. The Balaban J connectivity index is 2.29. The van der Waals surface area contributed by atoms with Gasteiger partial charge in [0.05, 0.1) is 5.56 Å². The second kappa shape index (κ2) is 6.08. The number of hydrogen-bond donors (Lipinski definition) is 2. The van der Waals surface area contributed by atoms with E-state index in [9.17, 15) is 9.59 Å². The van der Waals surface area contributed by atoms with Crippen LogP contribution in [-0.2, 0) is 4.79 Å². The molecule has 3 N–H and O–H groups in total. The van der Waals surface area contributed by atoms with Gasteiger partial charge in [0.2, 0.25) is 5.91 Å². The first-order valence-electron chi connectivity index (χ1n) is 6.09. The van der Waals surface area contributed by atoms with E-state index in [1.165, 1.54) is 11.8 Å². The zero-order valence-corrected chi connectivity index (χ0v) is 11.6. The van der Waals surface area contributed by atoms with Crippen LogP contribution in [-0.4, -0.2) is 48.6 Å². The summed E-state index contributed by atoms with van der Waals surface area (Å²) in [5.74, 6) is -0.600. The molecule has 0 saturated carbocycles. The summed E-state index contributed by atoms with van der Waals surface area (Å²) in [4.78, 5) is 26.5. The van der Waals surface area contributed by atoms with Crippen LogP contribution in [0.5, 0.6) is 0 Å². The molecule has 0 bridgehead atoms. The lowest BCUT2D eigenvalue weighted by Crippen LogP contribution is -2.58. The van der Waals surface area contributed by atoms with Gasteiger partial charge in [-0.25, -0.2) is 0 Å². The standard InChI is InChI=1S/C13H17N3O2S/c1-19-11-5-3-2-4-9(11)13(18)16-7-6-15-8-10(16)12(14)17/h2-5,10,15H,6-8H2,1H3,(H2,14,17). The summed E-state index contributed by atoms with van der Waals surface area (Å²) in [6.45, 7) is 1.59. The molecule has 1 unspecified atom stereocenters. The number of thioether (sulfide) groups is 1. The number of amides is 2. The molecule has 6 heteroatoms. The monoisotopic (exact) mass is 279 g/mol. The maximum atomic E-state index is 12.6. The topological polar surface area (TPSA) is 75.4 Å². The molecule has 1 saturated heterocycles. The summed E-state index contributed by atoms with van der Waals surface area (Å²) in [6.07, 6.45) is 1.93. The molecule has 2 amide bonds. The van der Waals surface area contributed by atoms with E-state index in [1.807, 2.05) is 24.5 Å². The third-order valence-electron chi connectivity index (χ3n) is 3.17. The fourth-order valence-corrected chi connectivity index (χ4v) is 2.77. The quantitative estimate of drug-likeness (QED) is 0.781. The Morgan fingerprint density at radius 1 is 1.42 bits per heavy atom. The van der Waals surface area contributed by atoms with Crippen molar-refractivity contribution in [3.05, 3.63) is 29.8 Å². The predicted molar refractivity (Wildman–Crippen MR) is 75.1 cm³/mol. The van der Waals surface area contributed by atoms with E-state index in [1.54, 1.807) is 11.0 Å².